The van der Waals surface area contributed by atoms with E-state index < -0.39 is 69.3 Å². The number of hydrogen-bond acceptors (Lipinski definition) is 1. The molecule has 0 atom stereocenters. The maximum Gasteiger partial charge on any atom is 0.432 e. The summed E-state index contributed by atoms with van der Waals surface area (Å²) < 4.78 is 135. The number of benzene rings is 4. The minimum Gasteiger partial charge on any atom is -0.429 e. The summed E-state index contributed by atoms with van der Waals surface area (Å²) in [5.74, 6) is -10.7. The van der Waals surface area contributed by atoms with Gasteiger partial charge in [-0.2, -0.15) is 8.78 Å². The van der Waals surface area contributed by atoms with E-state index >= 15 is 4.39 Å². The first-order valence-electron chi connectivity index (χ1n) is 14.3. The minimum absolute atomic E-state index is 0.128. The fourth-order valence-electron chi connectivity index (χ4n) is 5.70. The molecule has 4 aromatic rings. The molecule has 0 heterocycles. The predicted octanol–water partition coefficient (Wildman–Crippen LogP) is 11.4. The lowest BCUT2D eigenvalue weighted by molar-refractivity contribution is -0.189. The zero-order valence-corrected chi connectivity index (χ0v) is 23.9. The first-order valence-corrected chi connectivity index (χ1v) is 14.3. The molecular formula is C35H27F9O. The first-order chi connectivity index (χ1) is 21.4. The fourth-order valence-corrected chi connectivity index (χ4v) is 5.70. The predicted molar refractivity (Wildman–Crippen MR) is 152 cm³/mol. The standard InChI is InChI=1S/C35H27F9O/c1-2-3-4-19-5-7-20(8-6-19)21-9-11-25(27(36)13-21)22-14-29(38)33(30(39)15-22)35(43,44)45-24-10-12-26(28(37)18-24)23-16-31(40)34(42)32(41)17-23/h3-4,9-20H,2,5-8H2,1H3/b4-3+. The molecule has 0 unspecified atom stereocenters. The topological polar surface area (TPSA) is 9.23 Å². The Kier molecular flexibility index (Phi) is 9.32. The van der Waals surface area contributed by atoms with Crippen molar-refractivity contribution in [2.75, 3.05) is 0 Å². The molecule has 1 fully saturated rings. The van der Waals surface area contributed by atoms with E-state index in [0.717, 1.165) is 49.8 Å². The van der Waals surface area contributed by atoms with Crippen LogP contribution in [0.1, 0.15) is 56.1 Å². The Morgan fingerprint density at radius 2 is 1.20 bits per heavy atom. The van der Waals surface area contributed by atoms with Gasteiger partial charge in [0.25, 0.3) is 0 Å². The van der Waals surface area contributed by atoms with Gasteiger partial charge in [0.1, 0.15) is 34.6 Å². The molecule has 0 radical (unpaired) electrons. The zero-order valence-electron chi connectivity index (χ0n) is 23.9. The molecule has 0 bridgehead atoms. The van der Waals surface area contributed by atoms with Crippen molar-refractivity contribution in [1.29, 1.82) is 0 Å². The van der Waals surface area contributed by atoms with Gasteiger partial charge >= 0.3 is 6.11 Å². The van der Waals surface area contributed by atoms with Crippen LogP contribution in [0.3, 0.4) is 0 Å². The molecule has 0 aliphatic heterocycles. The minimum atomic E-state index is -4.65. The van der Waals surface area contributed by atoms with Gasteiger partial charge in [0.15, 0.2) is 17.5 Å². The monoisotopic (exact) mass is 634 g/mol. The fraction of sp³-hybridized carbons (Fsp3) is 0.257. The maximum atomic E-state index is 15.2. The molecule has 5 rings (SSSR count). The highest BCUT2D eigenvalue weighted by molar-refractivity contribution is 5.66. The third-order valence-corrected chi connectivity index (χ3v) is 8.01. The number of ether oxygens (including phenoxy) is 1. The molecule has 0 aromatic heterocycles. The molecule has 45 heavy (non-hydrogen) atoms. The van der Waals surface area contributed by atoms with Crippen LogP contribution in [-0.2, 0) is 6.11 Å². The van der Waals surface area contributed by atoms with Gasteiger partial charge in [-0.3, -0.25) is 0 Å². The Morgan fingerprint density at radius 1 is 0.667 bits per heavy atom. The summed E-state index contributed by atoms with van der Waals surface area (Å²) >= 11 is 0. The van der Waals surface area contributed by atoms with E-state index in [2.05, 4.69) is 23.8 Å². The van der Waals surface area contributed by atoms with Gasteiger partial charge in [-0.05, 0) is 103 Å². The summed E-state index contributed by atoms with van der Waals surface area (Å²) in [5, 5.41) is 0. The number of alkyl halides is 2. The molecule has 0 amide bonds. The lowest BCUT2D eigenvalue weighted by Crippen LogP contribution is -2.25. The maximum absolute atomic E-state index is 15.2. The summed E-state index contributed by atoms with van der Waals surface area (Å²) in [7, 11) is 0. The van der Waals surface area contributed by atoms with Gasteiger partial charge in [-0.25, -0.2) is 30.7 Å². The van der Waals surface area contributed by atoms with Crippen molar-refractivity contribution in [2.45, 2.75) is 51.1 Å². The largest absolute Gasteiger partial charge is 0.432 e. The average molecular weight is 635 g/mol. The summed E-state index contributed by atoms with van der Waals surface area (Å²) in [6.45, 7) is 2.06. The van der Waals surface area contributed by atoms with Crippen molar-refractivity contribution >= 4 is 0 Å². The van der Waals surface area contributed by atoms with Crippen LogP contribution in [0.2, 0.25) is 0 Å². The summed E-state index contributed by atoms with van der Waals surface area (Å²) in [4.78, 5) is 0. The highest BCUT2D eigenvalue weighted by Crippen LogP contribution is 2.40. The lowest BCUT2D eigenvalue weighted by Gasteiger charge is -2.27. The molecule has 1 nitrogen and oxygen atoms in total. The second kappa shape index (κ2) is 13.0. The normalized spacial score (nSPS) is 17.2. The number of hydrogen-bond donors (Lipinski definition) is 0. The van der Waals surface area contributed by atoms with Crippen molar-refractivity contribution in [2.24, 2.45) is 5.92 Å². The van der Waals surface area contributed by atoms with Crippen LogP contribution in [0.4, 0.5) is 39.5 Å². The quantitative estimate of drug-likeness (QED) is 0.106. The van der Waals surface area contributed by atoms with Gasteiger partial charge in [0.2, 0.25) is 0 Å². The van der Waals surface area contributed by atoms with Gasteiger partial charge in [-0.1, -0.05) is 31.2 Å². The zero-order chi connectivity index (χ0) is 32.5. The van der Waals surface area contributed by atoms with E-state index in [1.807, 2.05) is 0 Å². The first kappa shape index (κ1) is 32.2. The molecule has 236 valence electrons. The molecule has 10 heteroatoms. The highest BCUT2D eigenvalue weighted by atomic mass is 19.3. The number of halogens is 9. The highest BCUT2D eigenvalue weighted by Gasteiger charge is 2.41. The summed E-state index contributed by atoms with van der Waals surface area (Å²) in [6, 6.07) is 8.47. The smallest absolute Gasteiger partial charge is 0.429 e. The van der Waals surface area contributed by atoms with Crippen molar-refractivity contribution in [3.63, 3.8) is 0 Å². The molecule has 1 aliphatic rings. The van der Waals surface area contributed by atoms with Crippen LogP contribution in [0, 0.1) is 46.6 Å². The van der Waals surface area contributed by atoms with Gasteiger partial charge in [0.05, 0.1) is 0 Å². The number of allylic oxidation sites excluding steroid dienone is 2. The average Bonchev–Trinajstić information content (AvgIpc) is 2.98. The van der Waals surface area contributed by atoms with Crippen molar-refractivity contribution in [3.8, 4) is 28.0 Å². The van der Waals surface area contributed by atoms with Crippen molar-refractivity contribution in [1.82, 2.24) is 0 Å². The van der Waals surface area contributed by atoms with E-state index in [1.165, 1.54) is 12.1 Å². The van der Waals surface area contributed by atoms with Crippen molar-refractivity contribution in [3.05, 3.63) is 125 Å². The second-order valence-corrected chi connectivity index (χ2v) is 11.0. The Morgan fingerprint density at radius 3 is 1.73 bits per heavy atom. The van der Waals surface area contributed by atoms with Gasteiger partial charge in [0, 0.05) is 17.2 Å². The Bertz CT molecular complexity index is 1690. The van der Waals surface area contributed by atoms with Gasteiger partial charge in [-0.15, -0.1) is 0 Å². The third-order valence-electron chi connectivity index (χ3n) is 8.01. The molecule has 1 saturated carbocycles. The molecule has 1 aliphatic carbocycles. The van der Waals surface area contributed by atoms with Crippen LogP contribution in [0.15, 0.2) is 72.8 Å². The van der Waals surface area contributed by atoms with Gasteiger partial charge < -0.3 is 4.74 Å². The van der Waals surface area contributed by atoms with E-state index in [4.69, 9.17) is 0 Å². The molecule has 0 spiro atoms. The van der Waals surface area contributed by atoms with E-state index in [0.29, 0.717) is 36.2 Å². The lowest BCUT2D eigenvalue weighted by atomic mass is 9.78. The Labute approximate surface area is 254 Å². The van der Waals surface area contributed by atoms with Crippen molar-refractivity contribution < 1.29 is 44.3 Å². The second-order valence-electron chi connectivity index (χ2n) is 11.0. The summed E-state index contributed by atoms with van der Waals surface area (Å²) in [5.41, 5.74) is -2.43. The molecular weight excluding hydrogens is 607 g/mol. The van der Waals surface area contributed by atoms with Crippen LogP contribution in [-0.4, -0.2) is 0 Å². The Hall–Kier alpha value is -4.21. The van der Waals surface area contributed by atoms with E-state index in [-0.39, 0.29) is 17.0 Å². The van der Waals surface area contributed by atoms with Crippen LogP contribution < -0.4 is 4.74 Å². The van der Waals surface area contributed by atoms with Crippen LogP contribution in [0.5, 0.6) is 5.75 Å². The third kappa shape index (κ3) is 6.89. The van der Waals surface area contributed by atoms with Crippen LogP contribution in [0.25, 0.3) is 22.3 Å². The molecule has 0 saturated heterocycles. The summed E-state index contributed by atoms with van der Waals surface area (Å²) in [6.07, 6.45) is 4.29. The van der Waals surface area contributed by atoms with E-state index in [9.17, 15) is 35.1 Å². The Balaban J connectivity index is 1.34. The number of rotatable bonds is 8. The van der Waals surface area contributed by atoms with E-state index in [1.54, 1.807) is 6.07 Å². The SMILES string of the molecule is CC/C=C/C1CCC(c2ccc(-c3cc(F)c(C(F)(F)Oc4ccc(-c5cc(F)c(F)c(F)c5)c(F)c4)c(F)c3)c(F)c2)CC1. The molecule has 0 N–H and O–H groups in total. The van der Waals surface area contributed by atoms with Crippen LogP contribution >= 0.6 is 0 Å². The molecule has 4 aromatic carbocycles.